The maximum Gasteiger partial charge on any atom is 0.151 e. The minimum absolute atomic E-state index is 0.150. The zero-order chi connectivity index (χ0) is 19.1. The topological polar surface area (TPSA) is 22.1 Å². The number of thioether (sulfide) groups is 1. The molecule has 2 aromatic carbocycles. The SMILES string of the molecule is C[C@@H]1CC[C@@H]2[C@@H](C1)O[C@@H](c1ccccc1)C[C@@]2(C)Sc1nc2ccccc2s1. The minimum Gasteiger partial charge on any atom is -0.370 e. The van der Waals surface area contributed by atoms with Gasteiger partial charge in [0.15, 0.2) is 4.34 Å². The summed E-state index contributed by atoms with van der Waals surface area (Å²) in [6.45, 7) is 4.85. The second-order valence-electron chi connectivity index (χ2n) is 8.66. The van der Waals surface area contributed by atoms with Crippen LogP contribution in [0.3, 0.4) is 0 Å². The zero-order valence-electron chi connectivity index (χ0n) is 16.5. The maximum absolute atomic E-state index is 6.71. The number of hydrogen-bond donors (Lipinski definition) is 0. The molecule has 0 amide bonds. The standard InChI is InChI=1S/C24H27NOS2/c1-16-12-13-18-20(14-16)26-21(17-8-4-3-5-9-17)15-24(18,2)28-23-25-19-10-6-7-11-22(19)27-23/h3-11,16,18,20-21H,12-15H2,1-2H3/t16-,18-,20-,21-,24-/m1/s1. The Labute approximate surface area is 175 Å². The molecule has 1 aromatic heterocycles. The summed E-state index contributed by atoms with van der Waals surface area (Å²) in [6.07, 6.45) is 5.35. The van der Waals surface area contributed by atoms with Gasteiger partial charge in [-0.2, -0.15) is 0 Å². The molecular weight excluding hydrogens is 382 g/mol. The fourth-order valence-electron chi connectivity index (χ4n) is 5.03. The molecule has 146 valence electrons. The lowest BCUT2D eigenvalue weighted by molar-refractivity contribution is -0.122. The zero-order valence-corrected chi connectivity index (χ0v) is 18.1. The molecule has 1 aliphatic heterocycles. The van der Waals surface area contributed by atoms with Gasteiger partial charge in [-0.05, 0) is 49.8 Å². The van der Waals surface area contributed by atoms with Gasteiger partial charge in [0, 0.05) is 10.7 Å². The molecule has 5 atom stereocenters. The van der Waals surface area contributed by atoms with Gasteiger partial charge in [-0.1, -0.05) is 67.6 Å². The summed E-state index contributed by atoms with van der Waals surface area (Å²) in [5.41, 5.74) is 2.44. The second-order valence-corrected chi connectivity index (χ2v) is 11.5. The number of nitrogens with zero attached hydrogens (tertiary/aromatic N) is 1. The van der Waals surface area contributed by atoms with Crippen LogP contribution in [0.25, 0.3) is 10.2 Å². The van der Waals surface area contributed by atoms with Crippen molar-refractivity contribution >= 4 is 33.3 Å². The first-order valence-corrected chi connectivity index (χ1v) is 12.0. The predicted octanol–water partition coefficient (Wildman–Crippen LogP) is 7.11. The number of rotatable bonds is 3. The van der Waals surface area contributed by atoms with E-state index >= 15 is 0 Å². The molecule has 0 unspecified atom stereocenters. The van der Waals surface area contributed by atoms with Crippen LogP contribution < -0.4 is 0 Å². The van der Waals surface area contributed by atoms with Gasteiger partial charge in [0.1, 0.15) is 0 Å². The fraction of sp³-hybridized carbons (Fsp3) is 0.458. The van der Waals surface area contributed by atoms with Crippen molar-refractivity contribution < 1.29 is 4.74 Å². The third kappa shape index (κ3) is 3.51. The summed E-state index contributed by atoms with van der Waals surface area (Å²) in [4.78, 5) is 4.94. The number of hydrogen-bond acceptors (Lipinski definition) is 4. The van der Waals surface area contributed by atoms with Gasteiger partial charge in [0.25, 0.3) is 0 Å². The van der Waals surface area contributed by atoms with E-state index in [9.17, 15) is 0 Å². The van der Waals surface area contributed by atoms with Gasteiger partial charge in [-0.15, -0.1) is 11.3 Å². The second kappa shape index (κ2) is 7.47. The van der Waals surface area contributed by atoms with E-state index in [-0.39, 0.29) is 10.9 Å². The number of para-hydroxylation sites is 1. The van der Waals surface area contributed by atoms with Crippen LogP contribution in [0.1, 0.15) is 51.2 Å². The van der Waals surface area contributed by atoms with E-state index in [0.29, 0.717) is 12.0 Å². The van der Waals surface area contributed by atoms with Crippen LogP contribution in [0, 0.1) is 11.8 Å². The Balaban J connectivity index is 1.48. The van der Waals surface area contributed by atoms with Gasteiger partial charge in [0.2, 0.25) is 0 Å². The van der Waals surface area contributed by atoms with Crippen LogP contribution in [-0.2, 0) is 4.74 Å². The Morgan fingerprint density at radius 3 is 2.68 bits per heavy atom. The van der Waals surface area contributed by atoms with Crippen molar-refractivity contribution in [3.05, 3.63) is 60.2 Å². The first-order valence-electron chi connectivity index (χ1n) is 10.4. The van der Waals surface area contributed by atoms with Crippen molar-refractivity contribution in [2.75, 3.05) is 0 Å². The number of fused-ring (bicyclic) bond motifs is 2. The molecule has 0 radical (unpaired) electrons. The lowest BCUT2D eigenvalue weighted by atomic mass is 9.70. The Hall–Kier alpha value is -1.36. The highest BCUT2D eigenvalue weighted by atomic mass is 32.2. The molecule has 2 aliphatic rings. The molecule has 2 heterocycles. The average molecular weight is 410 g/mol. The molecule has 1 saturated heterocycles. The summed E-state index contributed by atoms with van der Waals surface area (Å²) in [5, 5.41) is 0. The fourth-order valence-corrected chi connectivity index (χ4v) is 7.93. The lowest BCUT2D eigenvalue weighted by Gasteiger charge is -2.51. The van der Waals surface area contributed by atoms with Crippen LogP contribution in [0.4, 0.5) is 0 Å². The highest BCUT2D eigenvalue weighted by molar-refractivity contribution is 8.02. The summed E-state index contributed by atoms with van der Waals surface area (Å²) in [7, 11) is 0. The normalized spacial score (nSPS) is 32.9. The molecule has 3 aromatic rings. The summed E-state index contributed by atoms with van der Waals surface area (Å²) in [5.74, 6) is 1.35. The predicted molar refractivity (Wildman–Crippen MR) is 119 cm³/mol. The van der Waals surface area contributed by atoms with Crippen molar-refractivity contribution in [3.8, 4) is 0 Å². The molecule has 1 saturated carbocycles. The molecule has 0 bridgehead atoms. The van der Waals surface area contributed by atoms with Gasteiger partial charge in [-0.3, -0.25) is 0 Å². The largest absolute Gasteiger partial charge is 0.370 e. The van der Waals surface area contributed by atoms with Gasteiger partial charge in [-0.25, -0.2) is 4.98 Å². The molecule has 5 rings (SSSR count). The first-order chi connectivity index (χ1) is 13.6. The van der Waals surface area contributed by atoms with Crippen molar-refractivity contribution in [2.45, 2.75) is 60.8 Å². The Bertz CT molecular complexity index is 922. The van der Waals surface area contributed by atoms with E-state index in [0.717, 1.165) is 17.9 Å². The third-order valence-electron chi connectivity index (χ3n) is 6.53. The first kappa shape index (κ1) is 18.7. The van der Waals surface area contributed by atoms with E-state index in [4.69, 9.17) is 9.72 Å². The van der Waals surface area contributed by atoms with Crippen LogP contribution in [0.2, 0.25) is 0 Å². The van der Waals surface area contributed by atoms with Crippen LogP contribution in [0.15, 0.2) is 58.9 Å². The van der Waals surface area contributed by atoms with E-state index in [1.807, 2.05) is 23.1 Å². The average Bonchev–Trinajstić information content (AvgIpc) is 3.10. The lowest BCUT2D eigenvalue weighted by Crippen LogP contribution is -2.49. The Morgan fingerprint density at radius 2 is 1.86 bits per heavy atom. The highest BCUT2D eigenvalue weighted by Crippen LogP contribution is 2.55. The highest BCUT2D eigenvalue weighted by Gasteiger charge is 2.49. The monoisotopic (exact) mass is 409 g/mol. The molecule has 0 spiro atoms. The maximum atomic E-state index is 6.71. The van der Waals surface area contributed by atoms with Gasteiger partial charge < -0.3 is 4.74 Å². The van der Waals surface area contributed by atoms with Gasteiger partial charge >= 0.3 is 0 Å². The van der Waals surface area contributed by atoms with Crippen molar-refractivity contribution in [3.63, 3.8) is 0 Å². The smallest absolute Gasteiger partial charge is 0.151 e. The minimum atomic E-state index is 0.150. The molecular formula is C24H27NOS2. The van der Waals surface area contributed by atoms with Crippen LogP contribution in [-0.4, -0.2) is 15.8 Å². The number of thiazole rings is 1. The number of ether oxygens (including phenoxy) is 1. The summed E-state index contributed by atoms with van der Waals surface area (Å²) >= 11 is 3.84. The molecule has 2 nitrogen and oxygen atoms in total. The van der Waals surface area contributed by atoms with E-state index in [1.54, 1.807) is 0 Å². The Kier molecular flexibility index (Phi) is 4.98. The van der Waals surface area contributed by atoms with Crippen molar-refractivity contribution in [2.24, 2.45) is 11.8 Å². The molecule has 1 aliphatic carbocycles. The summed E-state index contributed by atoms with van der Waals surface area (Å²) in [6, 6.07) is 19.3. The van der Waals surface area contributed by atoms with E-state index in [1.165, 1.54) is 33.9 Å². The number of aromatic nitrogens is 1. The van der Waals surface area contributed by atoms with E-state index in [2.05, 4.69) is 68.4 Å². The van der Waals surface area contributed by atoms with Crippen LogP contribution in [0.5, 0.6) is 0 Å². The van der Waals surface area contributed by atoms with Crippen LogP contribution >= 0.6 is 23.1 Å². The Morgan fingerprint density at radius 1 is 1.07 bits per heavy atom. The van der Waals surface area contributed by atoms with E-state index < -0.39 is 0 Å². The third-order valence-corrected chi connectivity index (χ3v) is 9.07. The van der Waals surface area contributed by atoms with Crippen molar-refractivity contribution in [1.82, 2.24) is 4.98 Å². The molecule has 2 fully saturated rings. The molecule has 28 heavy (non-hydrogen) atoms. The number of benzene rings is 2. The molecule has 4 heteroatoms. The quantitative estimate of drug-likeness (QED) is 0.460. The summed E-state index contributed by atoms with van der Waals surface area (Å²) < 4.78 is 9.35. The van der Waals surface area contributed by atoms with Gasteiger partial charge in [0.05, 0.1) is 22.4 Å². The van der Waals surface area contributed by atoms with Crippen molar-refractivity contribution in [1.29, 1.82) is 0 Å². The molecule has 0 N–H and O–H groups in total.